The number of methoxy groups -OCH3 is 2. The monoisotopic (exact) mass is 1230 g/mol. The first-order chi connectivity index (χ1) is 41.0. The van der Waals surface area contributed by atoms with Crippen LogP contribution in [0.5, 0.6) is 11.5 Å². The van der Waals surface area contributed by atoms with Crippen molar-refractivity contribution in [3.05, 3.63) is 88.8 Å². The molecule has 8 saturated carbocycles. The Hall–Kier alpha value is -2.25. The molecule has 16 atom stereocenters. The van der Waals surface area contributed by atoms with Gasteiger partial charge >= 0.3 is 18.9 Å². The number of amides is 1. The van der Waals surface area contributed by atoms with Crippen LogP contribution in [0.4, 0.5) is 0 Å². The molecule has 8 aliphatic carbocycles. The second-order valence-electron chi connectivity index (χ2n) is 29.7. The summed E-state index contributed by atoms with van der Waals surface area (Å²) in [6, 6.07) is 24.5. The van der Waals surface area contributed by atoms with Crippen molar-refractivity contribution in [2.24, 2.45) is 81.8 Å². The van der Waals surface area contributed by atoms with Gasteiger partial charge in [0.2, 0.25) is 5.91 Å². The Balaban J connectivity index is 0.000000180. The third kappa shape index (κ3) is 16.6. The van der Waals surface area contributed by atoms with Crippen molar-refractivity contribution in [1.82, 2.24) is 5.06 Å². The second kappa shape index (κ2) is 30.9. The van der Waals surface area contributed by atoms with E-state index >= 15 is 0 Å². The van der Waals surface area contributed by atoms with E-state index in [0.29, 0.717) is 23.5 Å². The smallest absolute Gasteiger partial charge is 0.497 e. The molecular formula is C68H95B10BrLiNO7. The summed E-state index contributed by atoms with van der Waals surface area (Å²) in [7, 11) is 38.5. The van der Waals surface area contributed by atoms with E-state index in [1.165, 1.54) is 98.8 Å². The molecule has 452 valence electrons. The Morgan fingerprint density at radius 2 is 0.932 bits per heavy atom. The zero-order valence-electron chi connectivity index (χ0n) is 55.6. The van der Waals surface area contributed by atoms with Crippen LogP contribution in [0.2, 0.25) is 0 Å². The van der Waals surface area contributed by atoms with Crippen LogP contribution in [0.25, 0.3) is 21.5 Å². The van der Waals surface area contributed by atoms with Crippen molar-refractivity contribution in [3.63, 3.8) is 0 Å². The first kappa shape index (κ1) is 73.2. The van der Waals surface area contributed by atoms with E-state index in [4.69, 9.17) is 60.7 Å². The summed E-state index contributed by atoms with van der Waals surface area (Å²) in [5, 5.41) is 27.3. The molecule has 12 radical (unpaired) electrons. The quantitative estimate of drug-likeness (QED) is 0.0745. The molecule has 0 aliphatic heterocycles. The number of nitrogens with zero attached hydrogens (tertiary/aromatic N) is 1. The van der Waals surface area contributed by atoms with Crippen molar-refractivity contribution in [2.75, 3.05) is 28.4 Å². The number of Topliss-reactive ketones (excluding diaryl/α,β-unsaturated/α-hetero) is 1. The van der Waals surface area contributed by atoms with Gasteiger partial charge in [0.15, 0.2) is 5.78 Å². The fraction of sp³-hybridized carbons (Fsp3) is 0.662. The molecule has 4 aromatic rings. The SMILES string of the molecule is CON(C)C(=O)[C@H]1CC[C@H]2[C@@H]3CC[C@H]4C[C@](C)(O)CC[C@@H]4[C@H]3CC[C@]12C.COc1ccc2cc(Br)ccc2c1.COc1ccc2cc(C(=O)[C@H]3CC[C@H]4[C@@H]5CC[C@H]6C[C@](C)(O)CC[C@@H]6[C@H]5CC[C@]34C)ccc2c1.C[C-](C)C.[B]B([B])B(B([B])[B])B([B])[B].[Li+]. The van der Waals surface area contributed by atoms with Gasteiger partial charge in [-0.3, -0.25) is 14.4 Å². The number of carbonyl (C=O) groups excluding carboxylic acids is 2. The van der Waals surface area contributed by atoms with Gasteiger partial charge in [0.1, 0.15) is 11.5 Å². The number of ether oxygens (including phenoxy) is 2. The maximum Gasteiger partial charge on any atom is 1.00 e. The number of benzene rings is 4. The molecule has 8 nitrogen and oxygen atoms in total. The minimum atomic E-state index is -0.667. The first-order valence-corrected chi connectivity index (χ1v) is 33.8. The first-order valence-electron chi connectivity index (χ1n) is 33.0. The summed E-state index contributed by atoms with van der Waals surface area (Å²) >= 11 is 3.44. The van der Waals surface area contributed by atoms with Crippen molar-refractivity contribution in [1.29, 1.82) is 0 Å². The molecule has 88 heavy (non-hydrogen) atoms. The Morgan fingerprint density at radius 3 is 1.36 bits per heavy atom. The minimum absolute atomic E-state index is 0. The molecule has 0 bridgehead atoms. The molecule has 4 aromatic carbocycles. The standard InChI is InChI=1S/C31H40O3.C22H37NO3.C11H9BrO.C4H9.B10.Li/c1-30(33)14-12-24-22(18-30)7-9-26-25(24)13-15-31(2)27(26)10-11-28(31)29(32)21-5-4-20-17-23(34-3)8-6-19(20)16-21;1-21(25)11-9-15-14(13-21)5-6-17-16(15)10-12-22(2)18(17)7-8-19(22)20(24)23(3)26-4;1-13-11-5-3-8-6-10(12)4-2-9(8)7-11;1-4(2)3;1-7(2)10(8(3)4)9(5)6;/h4-6,8,16-17,22,24-28,33H,7,9-15,18H2,1-3H3;14-19,25H,5-13H2,1-4H3;2-7H,1H3;1-3H3;;/q;;;-1;;+1/t22-,24-,25+,26+,27-,28+,30+,31-;14-,15-,16+,17+,18-,19+,21+,22-;;;;/m00..../s1. The number of hydrogen-bond acceptors (Lipinski definition) is 7. The summed E-state index contributed by atoms with van der Waals surface area (Å²) in [5.41, 5.74) is 0.280. The van der Waals surface area contributed by atoms with Gasteiger partial charge in [-0.2, -0.15) is 20.8 Å². The van der Waals surface area contributed by atoms with Crippen LogP contribution in [0.3, 0.4) is 0 Å². The topological polar surface area (TPSA) is 106 Å². The Bertz CT molecular complexity index is 2940. The van der Waals surface area contributed by atoms with E-state index in [9.17, 15) is 19.8 Å². The van der Waals surface area contributed by atoms with E-state index in [-0.39, 0.29) is 47.4 Å². The van der Waals surface area contributed by atoms with Crippen molar-refractivity contribution >= 4 is 121 Å². The molecular weight excluding hydrogens is 1140 g/mol. The fourth-order valence-electron chi connectivity index (χ4n) is 19.1. The van der Waals surface area contributed by atoms with Crippen molar-refractivity contribution in [2.45, 2.75) is 175 Å². The number of aliphatic hydroxyl groups is 2. The molecule has 8 fully saturated rings. The number of fused-ring (bicyclic) bond motifs is 12. The summed E-state index contributed by atoms with van der Waals surface area (Å²) in [6.45, 7) is 15.2. The summed E-state index contributed by atoms with van der Waals surface area (Å²) < 4.78 is 11.6. The zero-order chi connectivity index (χ0) is 63.5. The van der Waals surface area contributed by atoms with E-state index in [1.807, 2.05) is 50.2 Å². The number of hydroxylamine groups is 2. The molecule has 0 aromatic heterocycles. The van der Waals surface area contributed by atoms with Crippen LogP contribution in [0.1, 0.15) is 174 Å². The number of carbonyl (C=O) groups is 2. The van der Waals surface area contributed by atoms with Gasteiger partial charge in [-0.15, -0.1) is 0 Å². The predicted molar refractivity (Wildman–Crippen MR) is 373 cm³/mol. The van der Waals surface area contributed by atoms with Gasteiger partial charge in [0.05, 0.1) is 32.5 Å². The van der Waals surface area contributed by atoms with Crippen molar-refractivity contribution in [3.8, 4) is 11.5 Å². The predicted octanol–water partition coefficient (Wildman–Crippen LogP) is 9.50. The normalized spacial score (nSPS) is 33.8. The largest absolute Gasteiger partial charge is 1.00 e. The number of halogens is 1. The van der Waals surface area contributed by atoms with E-state index in [1.54, 1.807) is 28.4 Å². The molecule has 1 amide bonds. The van der Waals surface area contributed by atoms with Gasteiger partial charge in [-0.25, -0.2) is 5.06 Å². The molecule has 12 rings (SSSR count). The van der Waals surface area contributed by atoms with E-state index < -0.39 is 36.7 Å². The molecule has 0 saturated heterocycles. The van der Waals surface area contributed by atoms with Crippen LogP contribution < -0.4 is 28.3 Å². The Kier molecular flexibility index (Phi) is 25.7. The van der Waals surface area contributed by atoms with Crippen LogP contribution in [-0.4, -0.2) is 139 Å². The average molecular weight is 1230 g/mol. The number of ketones is 1. The van der Waals surface area contributed by atoms with Gasteiger partial charge in [-0.05, 0) is 263 Å². The maximum absolute atomic E-state index is 13.9. The van der Waals surface area contributed by atoms with E-state index in [0.717, 1.165) is 112 Å². The fourth-order valence-corrected chi connectivity index (χ4v) is 19.5. The van der Waals surface area contributed by atoms with Crippen LogP contribution in [0.15, 0.2) is 77.3 Å². The van der Waals surface area contributed by atoms with Gasteiger partial charge < -0.3 is 25.6 Å². The molecule has 20 heteroatoms. The molecule has 8 aliphatic rings. The molecule has 0 heterocycles. The minimum Gasteiger partial charge on any atom is -0.497 e. The van der Waals surface area contributed by atoms with Crippen LogP contribution >= 0.6 is 15.9 Å². The van der Waals surface area contributed by atoms with Crippen molar-refractivity contribution < 1.29 is 53.0 Å². The van der Waals surface area contributed by atoms with Gasteiger partial charge in [-0.1, -0.05) is 60.1 Å². The van der Waals surface area contributed by atoms with Crippen LogP contribution in [-0.2, 0) is 9.63 Å². The summed E-state index contributed by atoms with van der Waals surface area (Å²) in [6.07, 6.45) is 18.5. The second-order valence-corrected chi connectivity index (χ2v) is 30.6. The molecule has 2 N–H and O–H groups in total. The molecule has 0 spiro atoms. The number of hydrogen-bond donors (Lipinski definition) is 2. The molecule has 0 unspecified atom stereocenters. The Labute approximate surface area is 561 Å². The Morgan fingerprint density at radius 1 is 0.534 bits per heavy atom. The van der Waals surface area contributed by atoms with Gasteiger partial charge in [0.25, 0.3) is 0 Å². The summed E-state index contributed by atoms with van der Waals surface area (Å²) in [5.74, 6) is 11.7. The number of rotatable bonds is 9. The zero-order valence-corrected chi connectivity index (χ0v) is 57.2. The van der Waals surface area contributed by atoms with Crippen LogP contribution in [0, 0.1) is 87.8 Å². The summed E-state index contributed by atoms with van der Waals surface area (Å²) in [4.78, 5) is 32.0. The van der Waals surface area contributed by atoms with Gasteiger partial charge in [0, 0.05) is 101 Å². The van der Waals surface area contributed by atoms with E-state index in [2.05, 4.69) is 86.9 Å². The third-order valence-corrected chi connectivity index (χ3v) is 23.8. The third-order valence-electron chi connectivity index (χ3n) is 23.3. The average Bonchev–Trinajstić information content (AvgIpc) is 1.48. The maximum atomic E-state index is 13.9.